The molecule has 0 fully saturated rings. The largest absolute Gasteiger partial charge is 0.0840 e. The Bertz CT molecular complexity index is 129. The number of hydrogen-bond acceptors (Lipinski definition) is 0. The first kappa shape index (κ1) is 15.0. The van der Waals surface area contributed by atoms with Crippen molar-refractivity contribution in [3.8, 4) is 0 Å². The van der Waals surface area contributed by atoms with Gasteiger partial charge < -0.3 is 0 Å². The summed E-state index contributed by atoms with van der Waals surface area (Å²) in [5.41, 5.74) is 1.53. The average Bonchev–Trinajstić information content (AvgIpc) is 2.26. The van der Waals surface area contributed by atoms with E-state index in [9.17, 15) is 0 Å². The van der Waals surface area contributed by atoms with E-state index in [1.54, 1.807) is 0 Å². The zero-order chi connectivity index (χ0) is 10.5. The van der Waals surface area contributed by atoms with Gasteiger partial charge in [0.2, 0.25) is 0 Å². The predicted molar refractivity (Wildman–Crippen MR) is 64.1 cm³/mol. The average molecular weight is 182 g/mol. The van der Waals surface area contributed by atoms with Crippen LogP contribution < -0.4 is 0 Å². The smallest absolute Gasteiger partial charge is 0.0285 e. The molecule has 0 saturated heterocycles. The molecular formula is C13H26. The highest BCUT2D eigenvalue weighted by atomic mass is 14.0. The molecule has 0 spiro atoms. The van der Waals surface area contributed by atoms with Crippen LogP contribution in [0.15, 0.2) is 23.8 Å². The van der Waals surface area contributed by atoms with Gasteiger partial charge in [-0.3, -0.25) is 0 Å². The Morgan fingerprint density at radius 3 is 2.08 bits per heavy atom. The van der Waals surface area contributed by atoms with Crippen LogP contribution in [0.1, 0.15) is 60.3 Å². The third-order valence-electron chi connectivity index (χ3n) is 1.61. The minimum Gasteiger partial charge on any atom is -0.0840 e. The van der Waals surface area contributed by atoms with E-state index in [1.807, 2.05) is 27.7 Å². The maximum absolute atomic E-state index is 2.35. The summed E-state index contributed by atoms with van der Waals surface area (Å²) >= 11 is 0. The van der Waals surface area contributed by atoms with Gasteiger partial charge in [0.1, 0.15) is 0 Å². The predicted octanol–water partition coefficient (Wildman–Crippen LogP) is 5.12. The highest BCUT2D eigenvalue weighted by molar-refractivity contribution is 5.21. The Balaban J connectivity index is 0. The molecule has 78 valence electrons. The summed E-state index contributed by atoms with van der Waals surface area (Å²) < 4.78 is 0. The summed E-state index contributed by atoms with van der Waals surface area (Å²) in [7, 11) is 0. The van der Waals surface area contributed by atoms with Gasteiger partial charge in [-0.25, -0.2) is 0 Å². The van der Waals surface area contributed by atoms with Gasteiger partial charge >= 0.3 is 0 Å². The molecule has 0 radical (unpaired) electrons. The molecule has 0 aromatic heterocycles. The second-order valence-corrected chi connectivity index (χ2v) is 2.51. The summed E-state index contributed by atoms with van der Waals surface area (Å²) in [4.78, 5) is 0. The molecule has 0 heterocycles. The van der Waals surface area contributed by atoms with Crippen LogP contribution in [0.4, 0.5) is 0 Å². The van der Waals surface area contributed by atoms with Crippen LogP contribution in [0.5, 0.6) is 0 Å². The lowest BCUT2D eigenvalue weighted by molar-refractivity contribution is 0.894. The summed E-state index contributed by atoms with van der Waals surface area (Å²) in [6.45, 7) is 10.2. The molecule has 1 aliphatic rings. The van der Waals surface area contributed by atoms with Crippen LogP contribution in [0.3, 0.4) is 0 Å². The fourth-order valence-corrected chi connectivity index (χ4v) is 1.14. The minimum atomic E-state index is 1.24. The van der Waals surface area contributed by atoms with Crippen molar-refractivity contribution < 1.29 is 0 Å². The molecule has 0 N–H and O–H groups in total. The second kappa shape index (κ2) is 14.0. The van der Waals surface area contributed by atoms with Crippen molar-refractivity contribution in [3.05, 3.63) is 23.8 Å². The molecule has 0 unspecified atom stereocenters. The quantitative estimate of drug-likeness (QED) is 0.556. The Morgan fingerprint density at radius 2 is 1.69 bits per heavy atom. The topological polar surface area (TPSA) is 0 Å². The summed E-state index contributed by atoms with van der Waals surface area (Å²) in [5, 5.41) is 0. The van der Waals surface area contributed by atoms with E-state index >= 15 is 0 Å². The molecule has 0 nitrogen and oxygen atoms in total. The first-order valence-corrected chi connectivity index (χ1v) is 5.79. The Kier molecular flexibility index (Phi) is 16.2. The summed E-state index contributed by atoms with van der Waals surface area (Å²) in [5.74, 6) is 0. The molecule has 13 heavy (non-hydrogen) atoms. The fourth-order valence-electron chi connectivity index (χ4n) is 1.14. The zero-order valence-electron chi connectivity index (χ0n) is 10.1. The van der Waals surface area contributed by atoms with Crippen LogP contribution in [0.2, 0.25) is 0 Å². The number of allylic oxidation sites excluding steroid dienone is 4. The van der Waals surface area contributed by atoms with E-state index in [0.717, 1.165) is 0 Å². The van der Waals surface area contributed by atoms with Crippen LogP contribution >= 0.6 is 0 Å². The minimum absolute atomic E-state index is 1.24. The lowest BCUT2D eigenvalue weighted by Crippen LogP contribution is -1.82. The molecule has 0 amide bonds. The Labute approximate surface area is 84.7 Å². The third-order valence-corrected chi connectivity index (χ3v) is 1.61. The highest BCUT2D eigenvalue weighted by Gasteiger charge is 1.93. The van der Waals surface area contributed by atoms with E-state index in [-0.39, 0.29) is 0 Å². The van der Waals surface area contributed by atoms with Gasteiger partial charge in [-0.15, -0.1) is 0 Å². The molecule has 0 atom stereocenters. The maximum atomic E-state index is 2.35. The van der Waals surface area contributed by atoms with E-state index < -0.39 is 0 Å². The van der Waals surface area contributed by atoms with Gasteiger partial charge in [0.25, 0.3) is 0 Å². The van der Waals surface area contributed by atoms with Gasteiger partial charge in [0.05, 0.1) is 0 Å². The Morgan fingerprint density at radius 1 is 1.08 bits per heavy atom. The molecule has 0 aromatic carbocycles. The van der Waals surface area contributed by atoms with Crippen molar-refractivity contribution in [3.63, 3.8) is 0 Å². The van der Waals surface area contributed by atoms with Crippen molar-refractivity contribution in [1.29, 1.82) is 0 Å². The lowest BCUT2D eigenvalue weighted by atomic mass is 10.0. The highest BCUT2D eigenvalue weighted by Crippen LogP contribution is 2.13. The molecule has 0 bridgehead atoms. The van der Waals surface area contributed by atoms with Crippen LogP contribution in [0.25, 0.3) is 0 Å². The van der Waals surface area contributed by atoms with Crippen molar-refractivity contribution in [2.24, 2.45) is 0 Å². The van der Waals surface area contributed by atoms with Crippen LogP contribution in [-0.4, -0.2) is 0 Å². The Hall–Kier alpha value is -0.520. The van der Waals surface area contributed by atoms with Crippen molar-refractivity contribution in [1.82, 2.24) is 0 Å². The lowest BCUT2D eigenvalue weighted by Gasteiger charge is -2.03. The van der Waals surface area contributed by atoms with E-state index in [2.05, 4.69) is 25.2 Å². The first-order valence-electron chi connectivity index (χ1n) is 5.79. The maximum Gasteiger partial charge on any atom is -0.0285 e. The second-order valence-electron chi connectivity index (χ2n) is 2.51. The van der Waals surface area contributed by atoms with Gasteiger partial charge in [-0.2, -0.15) is 0 Å². The normalized spacial score (nSPS) is 13.2. The third kappa shape index (κ3) is 9.39. The van der Waals surface area contributed by atoms with Crippen LogP contribution in [-0.2, 0) is 0 Å². The standard InChI is InChI=1S/C9H14.2C2H6/c1-2-6-9-7-4-3-5-8-9;2*1-2/h4,7-8H,2-3,5-6H2,1H3;2*1-2H3. The molecular weight excluding hydrogens is 156 g/mol. The van der Waals surface area contributed by atoms with Crippen molar-refractivity contribution in [2.45, 2.75) is 60.3 Å². The molecule has 0 aromatic rings. The van der Waals surface area contributed by atoms with Gasteiger partial charge in [0.15, 0.2) is 0 Å². The molecule has 0 heteroatoms. The molecule has 0 saturated carbocycles. The van der Waals surface area contributed by atoms with E-state index in [1.165, 1.54) is 31.3 Å². The van der Waals surface area contributed by atoms with Gasteiger partial charge in [0, 0.05) is 0 Å². The van der Waals surface area contributed by atoms with Gasteiger partial charge in [-0.1, -0.05) is 64.8 Å². The van der Waals surface area contributed by atoms with Gasteiger partial charge in [-0.05, 0) is 19.3 Å². The van der Waals surface area contributed by atoms with Crippen LogP contribution in [0, 0.1) is 0 Å². The zero-order valence-corrected chi connectivity index (χ0v) is 10.1. The fraction of sp³-hybridized carbons (Fsp3) is 0.692. The SMILES string of the molecule is CC.CC.CCCC1=CCCC=C1. The number of rotatable bonds is 2. The molecule has 0 aliphatic heterocycles. The summed E-state index contributed by atoms with van der Waals surface area (Å²) in [6, 6.07) is 0. The molecule has 1 aliphatic carbocycles. The van der Waals surface area contributed by atoms with E-state index in [4.69, 9.17) is 0 Å². The van der Waals surface area contributed by atoms with Crippen molar-refractivity contribution in [2.75, 3.05) is 0 Å². The van der Waals surface area contributed by atoms with E-state index in [0.29, 0.717) is 0 Å². The molecule has 1 rings (SSSR count). The summed E-state index contributed by atoms with van der Waals surface area (Å²) in [6.07, 6.45) is 11.9. The number of hydrogen-bond donors (Lipinski definition) is 0. The monoisotopic (exact) mass is 182 g/mol. The van der Waals surface area contributed by atoms with Crippen molar-refractivity contribution >= 4 is 0 Å². The first-order chi connectivity index (χ1) is 6.43.